The van der Waals surface area contributed by atoms with Crippen molar-refractivity contribution in [2.45, 2.75) is 25.0 Å². The van der Waals surface area contributed by atoms with Crippen molar-refractivity contribution in [1.82, 2.24) is 10.2 Å². The molecule has 3 aromatic rings. The third-order valence-electron chi connectivity index (χ3n) is 6.54. The molecule has 2 atom stereocenters. The molecule has 8 nitrogen and oxygen atoms in total. The predicted octanol–water partition coefficient (Wildman–Crippen LogP) is 3.82. The maximum atomic E-state index is 13.3. The highest BCUT2D eigenvalue weighted by atomic mass is 32.1. The number of thiophene rings is 1. The third-order valence-corrected chi connectivity index (χ3v) is 7.68. The average Bonchev–Trinajstić information content (AvgIpc) is 3.61. The number of ether oxygens (including phenoxy) is 2. The number of carbonyl (C=O) groups is 1. The Labute approximate surface area is 217 Å². The zero-order valence-corrected chi connectivity index (χ0v) is 20.9. The molecule has 1 amide bonds. The molecule has 2 aliphatic rings. The first-order chi connectivity index (χ1) is 18.0. The van der Waals surface area contributed by atoms with Gasteiger partial charge in [-0.15, -0.1) is 11.3 Å². The van der Waals surface area contributed by atoms with Gasteiger partial charge in [-0.05, 0) is 73.5 Å². The van der Waals surface area contributed by atoms with Crippen LogP contribution in [0.3, 0.4) is 0 Å². The fourth-order valence-corrected chi connectivity index (χ4v) is 5.62. The number of nitrogens with one attached hydrogen (secondary N) is 1. The number of carbonyl (C=O) groups excluding carboxylic acids is 1. The van der Waals surface area contributed by atoms with E-state index in [1.165, 1.54) is 23.5 Å². The summed E-state index contributed by atoms with van der Waals surface area (Å²) in [5.74, 6) is 0.235. The summed E-state index contributed by atoms with van der Waals surface area (Å²) >= 11 is 1.26. The van der Waals surface area contributed by atoms with Gasteiger partial charge in [0.1, 0.15) is 25.1 Å². The molecule has 10 heteroatoms. The van der Waals surface area contributed by atoms with E-state index in [1.54, 1.807) is 42.5 Å². The van der Waals surface area contributed by atoms with Crippen molar-refractivity contribution in [1.29, 1.82) is 0 Å². The smallest absolute Gasteiger partial charge is 0.275 e. The summed E-state index contributed by atoms with van der Waals surface area (Å²) in [4.78, 5) is 16.7. The minimum absolute atomic E-state index is 0.154. The first-order valence-electron chi connectivity index (χ1n) is 12.2. The summed E-state index contributed by atoms with van der Waals surface area (Å²) in [6.07, 6.45) is 1.09. The predicted molar refractivity (Wildman–Crippen MR) is 138 cm³/mol. The number of aliphatic hydroxyl groups is 1. The first kappa shape index (κ1) is 25.2. The van der Waals surface area contributed by atoms with E-state index in [4.69, 9.17) is 9.47 Å². The molecule has 1 fully saturated rings. The number of hydrogen-bond donors (Lipinski definition) is 3. The monoisotopic (exact) mass is 525 g/mol. The molecule has 2 aromatic carbocycles. The van der Waals surface area contributed by atoms with Gasteiger partial charge < -0.3 is 30.0 Å². The van der Waals surface area contributed by atoms with Gasteiger partial charge in [-0.1, -0.05) is 23.4 Å². The Bertz CT molecular complexity index is 1270. The molecule has 0 aliphatic carbocycles. The van der Waals surface area contributed by atoms with E-state index in [1.807, 2.05) is 0 Å². The van der Waals surface area contributed by atoms with Crippen LogP contribution in [0.1, 0.15) is 29.4 Å². The summed E-state index contributed by atoms with van der Waals surface area (Å²) in [5, 5.41) is 27.2. The molecule has 194 valence electrons. The van der Waals surface area contributed by atoms with E-state index >= 15 is 0 Å². The largest absolute Gasteiger partial charge is 0.486 e. The average molecular weight is 526 g/mol. The maximum Gasteiger partial charge on any atom is 0.275 e. The van der Waals surface area contributed by atoms with E-state index in [0.29, 0.717) is 41.7 Å². The summed E-state index contributed by atoms with van der Waals surface area (Å²) in [7, 11) is 0. The second-order valence-electron chi connectivity index (χ2n) is 9.05. The SMILES string of the molecule is O=C(N[C@H](CN1CCCC1)[C@H](O)c1ccc2c(c1)OCCO2)/C(=N/O)c1ccc(-c2ccc(F)cc2)s1. The Kier molecular flexibility index (Phi) is 7.68. The lowest BCUT2D eigenvalue weighted by Gasteiger charge is -2.29. The lowest BCUT2D eigenvalue weighted by molar-refractivity contribution is -0.116. The highest BCUT2D eigenvalue weighted by Gasteiger charge is 2.30. The highest BCUT2D eigenvalue weighted by Crippen LogP contribution is 2.34. The Morgan fingerprint density at radius 1 is 1.05 bits per heavy atom. The van der Waals surface area contributed by atoms with Gasteiger partial charge in [0.15, 0.2) is 17.2 Å². The number of halogens is 1. The molecule has 3 N–H and O–H groups in total. The molecule has 37 heavy (non-hydrogen) atoms. The van der Waals surface area contributed by atoms with Crippen LogP contribution >= 0.6 is 11.3 Å². The van der Waals surface area contributed by atoms with Crippen LogP contribution in [-0.4, -0.2) is 65.7 Å². The van der Waals surface area contributed by atoms with Crippen LogP contribution in [0.4, 0.5) is 4.39 Å². The number of oxime groups is 1. The Balaban J connectivity index is 1.35. The fraction of sp³-hybridized carbons (Fsp3) is 0.333. The van der Waals surface area contributed by atoms with Crippen LogP contribution in [0.5, 0.6) is 11.5 Å². The highest BCUT2D eigenvalue weighted by molar-refractivity contribution is 7.18. The van der Waals surface area contributed by atoms with Gasteiger partial charge in [-0.3, -0.25) is 4.79 Å². The molecule has 1 aromatic heterocycles. The normalized spacial score (nSPS) is 17.4. The molecular weight excluding hydrogens is 497 g/mol. The van der Waals surface area contributed by atoms with Gasteiger partial charge in [0, 0.05) is 11.4 Å². The standard InChI is InChI=1S/C27H28FN3O5S/c28-19-6-3-17(4-7-19)23-9-10-24(37-23)25(30-34)27(33)29-20(16-31-11-1-2-12-31)26(32)18-5-8-21-22(15-18)36-14-13-35-21/h3-10,15,20,26,32,34H,1-2,11-14,16H2,(H,29,33)/b30-25+/t20-,26-/m1/s1. The molecule has 0 saturated carbocycles. The van der Waals surface area contributed by atoms with Gasteiger partial charge in [0.25, 0.3) is 5.91 Å². The molecule has 2 aliphatic heterocycles. The minimum Gasteiger partial charge on any atom is -0.486 e. The topological polar surface area (TPSA) is 104 Å². The number of likely N-dealkylation sites (tertiary alicyclic amines) is 1. The van der Waals surface area contributed by atoms with E-state index in [9.17, 15) is 19.5 Å². The summed E-state index contributed by atoms with van der Waals surface area (Å²) in [5.41, 5.74) is 1.22. The zero-order chi connectivity index (χ0) is 25.8. The quantitative estimate of drug-likeness (QED) is 0.235. The summed E-state index contributed by atoms with van der Waals surface area (Å²) in [6.45, 7) is 3.10. The number of rotatable bonds is 8. The molecule has 0 spiro atoms. The number of aliphatic hydroxyl groups excluding tert-OH is 1. The number of fused-ring (bicyclic) bond motifs is 1. The van der Waals surface area contributed by atoms with Crippen molar-refractivity contribution in [2.75, 3.05) is 32.8 Å². The van der Waals surface area contributed by atoms with Crippen LogP contribution in [0.15, 0.2) is 59.8 Å². The molecule has 0 unspecified atom stereocenters. The van der Waals surface area contributed by atoms with Gasteiger partial charge in [-0.2, -0.15) is 0 Å². The maximum absolute atomic E-state index is 13.3. The molecule has 3 heterocycles. The third kappa shape index (κ3) is 5.76. The van der Waals surface area contributed by atoms with Crippen LogP contribution < -0.4 is 14.8 Å². The van der Waals surface area contributed by atoms with Gasteiger partial charge in [0.05, 0.1) is 10.9 Å². The van der Waals surface area contributed by atoms with Gasteiger partial charge in [-0.25, -0.2) is 4.39 Å². The first-order valence-corrected chi connectivity index (χ1v) is 13.0. The Hall–Kier alpha value is -3.47. The van der Waals surface area contributed by atoms with Crippen LogP contribution in [0.25, 0.3) is 10.4 Å². The van der Waals surface area contributed by atoms with E-state index < -0.39 is 18.1 Å². The van der Waals surface area contributed by atoms with Crippen LogP contribution in [-0.2, 0) is 4.79 Å². The molecular formula is C27H28FN3O5S. The minimum atomic E-state index is -1.03. The number of amides is 1. The zero-order valence-electron chi connectivity index (χ0n) is 20.1. The number of nitrogens with zero attached hydrogens (tertiary/aromatic N) is 2. The molecule has 0 radical (unpaired) electrons. The van der Waals surface area contributed by atoms with E-state index in [-0.39, 0.29) is 11.5 Å². The summed E-state index contributed by atoms with van der Waals surface area (Å²) < 4.78 is 24.5. The van der Waals surface area contributed by atoms with Crippen molar-refractivity contribution in [3.05, 3.63) is 70.9 Å². The number of benzene rings is 2. The van der Waals surface area contributed by atoms with Crippen molar-refractivity contribution in [2.24, 2.45) is 5.16 Å². The molecule has 1 saturated heterocycles. The summed E-state index contributed by atoms with van der Waals surface area (Å²) in [6, 6.07) is 14.1. The van der Waals surface area contributed by atoms with Crippen molar-refractivity contribution < 1.29 is 29.0 Å². The second-order valence-corrected chi connectivity index (χ2v) is 10.1. The van der Waals surface area contributed by atoms with Crippen molar-refractivity contribution in [3.8, 4) is 21.9 Å². The molecule has 5 rings (SSSR count). The van der Waals surface area contributed by atoms with Crippen molar-refractivity contribution >= 4 is 23.0 Å². The molecule has 0 bridgehead atoms. The Morgan fingerprint density at radius 2 is 1.78 bits per heavy atom. The van der Waals surface area contributed by atoms with E-state index in [0.717, 1.165) is 36.4 Å². The van der Waals surface area contributed by atoms with Crippen molar-refractivity contribution in [3.63, 3.8) is 0 Å². The van der Waals surface area contributed by atoms with Gasteiger partial charge in [0.2, 0.25) is 0 Å². The van der Waals surface area contributed by atoms with Crippen LogP contribution in [0, 0.1) is 5.82 Å². The van der Waals surface area contributed by atoms with Gasteiger partial charge >= 0.3 is 0 Å². The van der Waals surface area contributed by atoms with E-state index in [2.05, 4.69) is 15.4 Å². The lowest BCUT2D eigenvalue weighted by atomic mass is 10.0. The fourth-order valence-electron chi connectivity index (χ4n) is 4.62. The Morgan fingerprint density at radius 3 is 2.51 bits per heavy atom. The van der Waals surface area contributed by atoms with Crippen LogP contribution in [0.2, 0.25) is 0 Å². The number of hydrogen-bond acceptors (Lipinski definition) is 8. The lowest BCUT2D eigenvalue weighted by Crippen LogP contribution is -2.48. The second kappa shape index (κ2) is 11.3.